The third kappa shape index (κ3) is 1.79. The Balaban J connectivity index is 1.99. The summed E-state index contributed by atoms with van der Waals surface area (Å²) in [5.74, 6) is 0.0658. The van der Waals surface area contributed by atoms with E-state index >= 15 is 0 Å². The van der Waals surface area contributed by atoms with Gasteiger partial charge in [0.2, 0.25) is 0 Å². The van der Waals surface area contributed by atoms with Crippen LogP contribution in [0.4, 0.5) is 5.69 Å². The highest BCUT2D eigenvalue weighted by atomic mass is 35.5. The summed E-state index contributed by atoms with van der Waals surface area (Å²) in [5.41, 5.74) is 3.89. The van der Waals surface area contributed by atoms with Gasteiger partial charge in [-0.15, -0.1) is 0 Å². The fourth-order valence-electron chi connectivity index (χ4n) is 2.24. The maximum Gasteiger partial charge on any atom is 0.258 e. The molecule has 0 spiro atoms. The molecule has 0 aromatic heterocycles. The number of amides is 1. The van der Waals surface area contributed by atoms with Crippen molar-refractivity contribution in [1.82, 2.24) is 0 Å². The van der Waals surface area contributed by atoms with Crippen LogP contribution in [0.3, 0.4) is 0 Å². The Morgan fingerprint density at radius 3 is 2.56 bits per heavy atom. The summed E-state index contributed by atoms with van der Waals surface area (Å²) in [6, 6.07) is 13.4. The quantitative estimate of drug-likeness (QED) is 0.761. The molecular formula is C15H12ClNO. The number of aryl methyl sites for hydroxylation is 1. The predicted molar refractivity (Wildman–Crippen MR) is 73.1 cm³/mol. The number of hydrogen-bond acceptors (Lipinski definition) is 1. The molecular weight excluding hydrogens is 246 g/mol. The van der Waals surface area contributed by atoms with Crippen LogP contribution in [0.2, 0.25) is 5.02 Å². The first-order valence-electron chi connectivity index (χ1n) is 5.82. The Labute approximate surface area is 111 Å². The number of halogens is 1. The second kappa shape index (κ2) is 4.14. The minimum absolute atomic E-state index is 0.0658. The zero-order chi connectivity index (χ0) is 12.7. The highest BCUT2D eigenvalue weighted by Gasteiger charge is 2.28. The minimum atomic E-state index is 0.0658. The average molecular weight is 258 g/mol. The Morgan fingerprint density at radius 1 is 1.11 bits per heavy atom. The SMILES string of the molecule is Cc1ccc2c(c1)C(=O)N(c1ccc(Cl)cc1)C2. The van der Waals surface area contributed by atoms with E-state index in [0.717, 1.165) is 22.4 Å². The maximum absolute atomic E-state index is 12.3. The molecule has 0 saturated heterocycles. The van der Waals surface area contributed by atoms with Gasteiger partial charge < -0.3 is 4.90 Å². The van der Waals surface area contributed by atoms with Crippen molar-refractivity contribution < 1.29 is 4.79 Å². The van der Waals surface area contributed by atoms with Crippen LogP contribution in [0.15, 0.2) is 42.5 Å². The van der Waals surface area contributed by atoms with Crippen molar-refractivity contribution in [3.63, 3.8) is 0 Å². The lowest BCUT2D eigenvalue weighted by Gasteiger charge is -2.15. The second-order valence-electron chi connectivity index (χ2n) is 4.53. The van der Waals surface area contributed by atoms with Gasteiger partial charge in [0.1, 0.15) is 0 Å². The highest BCUT2D eigenvalue weighted by Crippen LogP contribution is 2.29. The van der Waals surface area contributed by atoms with E-state index in [1.165, 1.54) is 0 Å². The van der Waals surface area contributed by atoms with Gasteiger partial charge in [-0.25, -0.2) is 0 Å². The van der Waals surface area contributed by atoms with E-state index in [1.807, 2.05) is 37.3 Å². The second-order valence-corrected chi connectivity index (χ2v) is 4.96. The van der Waals surface area contributed by atoms with Crippen LogP contribution >= 0.6 is 11.6 Å². The number of carbonyl (C=O) groups excluding carboxylic acids is 1. The summed E-state index contributed by atoms with van der Waals surface area (Å²) < 4.78 is 0. The molecule has 2 aromatic carbocycles. The van der Waals surface area contributed by atoms with Crippen molar-refractivity contribution in [3.8, 4) is 0 Å². The molecule has 2 nitrogen and oxygen atoms in total. The van der Waals surface area contributed by atoms with Gasteiger partial charge >= 0.3 is 0 Å². The molecule has 0 aliphatic carbocycles. The lowest BCUT2D eigenvalue weighted by molar-refractivity contribution is 0.0996. The standard InChI is InChI=1S/C15H12ClNO/c1-10-2-3-11-9-17(15(18)14(11)8-10)13-6-4-12(16)5-7-13/h2-8H,9H2,1H3. The van der Waals surface area contributed by atoms with Crippen LogP contribution in [0.1, 0.15) is 21.5 Å². The number of nitrogens with zero attached hydrogens (tertiary/aromatic N) is 1. The van der Waals surface area contributed by atoms with Crippen LogP contribution in [0, 0.1) is 6.92 Å². The zero-order valence-electron chi connectivity index (χ0n) is 9.98. The van der Waals surface area contributed by atoms with Crippen LogP contribution < -0.4 is 4.90 Å². The summed E-state index contributed by atoms with van der Waals surface area (Å²) >= 11 is 5.86. The summed E-state index contributed by atoms with van der Waals surface area (Å²) in [6.45, 7) is 2.63. The molecule has 1 heterocycles. The first-order valence-corrected chi connectivity index (χ1v) is 6.20. The Bertz CT molecular complexity index is 619. The minimum Gasteiger partial charge on any atom is -0.304 e. The van der Waals surface area contributed by atoms with E-state index in [9.17, 15) is 4.79 Å². The number of carbonyl (C=O) groups is 1. The number of rotatable bonds is 1. The molecule has 1 amide bonds. The molecule has 0 saturated carbocycles. The van der Waals surface area contributed by atoms with E-state index in [-0.39, 0.29) is 5.91 Å². The molecule has 1 aliphatic heterocycles. The zero-order valence-corrected chi connectivity index (χ0v) is 10.7. The van der Waals surface area contributed by atoms with Gasteiger partial charge in [0.15, 0.2) is 0 Å². The fraction of sp³-hybridized carbons (Fsp3) is 0.133. The Kier molecular flexibility index (Phi) is 2.60. The van der Waals surface area contributed by atoms with E-state index in [2.05, 4.69) is 0 Å². The van der Waals surface area contributed by atoms with Crippen molar-refractivity contribution in [2.75, 3.05) is 4.90 Å². The van der Waals surface area contributed by atoms with Crippen LogP contribution in [-0.2, 0) is 6.54 Å². The van der Waals surface area contributed by atoms with Gasteiger partial charge in [0.25, 0.3) is 5.91 Å². The lowest BCUT2D eigenvalue weighted by atomic mass is 10.1. The number of benzene rings is 2. The molecule has 3 heteroatoms. The van der Waals surface area contributed by atoms with Crippen molar-refractivity contribution in [3.05, 3.63) is 64.2 Å². The molecule has 0 bridgehead atoms. The first-order chi connectivity index (χ1) is 8.65. The van der Waals surface area contributed by atoms with E-state index < -0.39 is 0 Å². The normalized spacial score (nSPS) is 13.9. The summed E-state index contributed by atoms with van der Waals surface area (Å²) in [6.07, 6.45) is 0. The number of anilines is 1. The van der Waals surface area contributed by atoms with Gasteiger partial charge in [0.05, 0.1) is 6.54 Å². The smallest absolute Gasteiger partial charge is 0.258 e. The average Bonchev–Trinajstić information content (AvgIpc) is 2.68. The van der Waals surface area contributed by atoms with Crippen molar-refractivity contribution in [2.45, 2.75) is 13.5 Å². The molecule has 18 heavy (non-hydrogen) atoms. The third-order valence-electron chi connectivity index (χ3n) is 3.21. The van der Waals surface area contributed by atoms with Crippen molar-refractivity contribution in [1.29, 1.82) is 0 Å². The molecule has 0 fully saturated rings. The van der Waals surface area contributed by atoms with Crippen LogP contribution in [0.25, 0.3) is 0 Å². The van der Waals surface area contributed by atoms with Crippen LogP contribution in [0.5, 0.6) is 0 Å². The molecule has 0 atom stereocenters. The summed E-state index contributed by atoms with van der Waals surface area (Å²) in [5, 5.41) is 0.679. The van der Waals surface area contributed by atoms with Crippen molar-refractivity contribution in [2.24, 2.45) is 0 Å². The monoisotopic (exact) mass is 257 g/mol. The number of hydrogen-bond donors (Lipinski definition) is 0. The molecule has 0 radical (unpaired) electrons. The van der Waals surface area contributed by atoms with E-state index in [0.29, 0.717) is 11.6 Å². The summed E-state index contributed by atoms with van der Waals surface area (Å²) in [4.78, 5) is 14.1. The molecule has 3 rings (SSSR count). The molecule has 2 aromatic rings. The lowest BCUT2D eigenvalue weighted by Crippen LogP contribution is -2.22. The van der Waals surface area contributed by atoms with Gasteiger partial charge in [-0.1, -0.05) is 29.3 Å². The topological polar surface area (TPSA) is 20.3 Å². The van der Waals surface area contributed by atoms with Crippen molar-refractivity contribution >= 4 is 23.2 Å². The fourth-order valence-corrected chi connectivity index (χ4v) is 2.37. The first kappa shape index (κ1) is 11.3. The van der Waals surface area contributed by atoms with E-state index in [1.54, 1.807) is 17.0 Å². The predicted octanol–water partition coefficient (Wildman–Crippen LogP) is 3.81. The molecule has 0 unspecified atom stereocenters. The van der Waals surface area contributed by atoms with Gasteiger partial charge in [-0.3, -0.25) is 4.79 Å². The maximum atomic E-state index is 12.3. The van der Waals surface area contributed by atoms with Gasteiger partial charge in [-0.05, 0) is 42.8 Å². The third-order valence-corrected chi connectivity index (χ3v) is 3.46. The Hall–Kier alpha value is -1.80. The number of fused-ring (bicyclic) bond motifs is 1. The molecule has 1 aliphatic rings. The van der Waals surface area contributed by atoms with Crippen LogP contribution in [-0.4, -0.2) is 5.91 Å². The molecule has 90 valence electrons. The van der Waals surface area contributed by atoms with Gasteiger partial charge in [-0.2, -0.15) is 0 Å². The largest absolute Gasteiger partial charge is 0.304 e. The molecule has 0 N–H and O–H groups in total. The van der Waals surface area contributed by atoms with E-state index in [4.69, 9.17) is 11.6 Å². The summed E-state index contributed by atoms with van der Waals surface area (Å²) in [7, 11) is 0. The Morgan fingerprint density at radius 2 is 1.83 bits per heavy atom. The van der Waals surface area contributed by atoms with Gasteiger partial charge in [0, 0.05) is 16.3 Å². The highest BCUT2D eigenvalue weighted by molar-refractivity contribution is 6.30.